The summed E-state index contributed by atoms with van der Waals surface area (Å²) in [5.74, 6) is 0.223. The third kappa shape index (κ3) is 3.03. The van der Waals surface area contributed by atoms with E-state index in [4.69, 9.17) is 0 Å². The van der Waals surface area contributed by atoms with E-state index >= 15 is 0 Å². The van der Waals surface area contributed by atoms with Gasteiger partial charge in [0.05, 0.1) is 5.69 Å². The Kier molecular flexibility index (Phi) is 3.91. The highest BCUT2D eigenvalue weighted by atomic mass is 32.1. The summed E-state index contributed by atoms with van der Waals surface area (Å²) in [6, 6.07) is 12.6. The molecule has 5 rings (SSSR count). The van der Waals surface area contributed by atoms with Gasteiger partial charge in [0.15, 0.2) is 16.5 Å². The molecule has 8 nitrogen and oxygen atoms in total. The van der Waals surface area contributed by atoms with E-state index < -0.39 is 0 Å². The van der Waals surface area contributed by atoms with E-state index in [0.717, 1.165) is 16.2 Å². The third-order valence-electron chi connectivity index (χ3n) is 4.15. The number of hydrogen-bond donors (Lipinski definition) is 1. The minimum atomic E-state index is -0.324. The van der Waals surface area contributed by atoms with Crippen LogP contribution in [0.4, 0.5) is 5.69 Å². The molecule has 0 saturated heterocycles. The molecule has 1 amide bonds. The van der Waals surface area contributed by atoms with Gasteiger partial charge in [0.25, 0.3) is 5.91 Å². The van der Waals surface area contributed by atoms with E-state index in [1.54, 1.807) is 46.6 Å². The SMILES string of the molecule is O=C(Nc1ccc(-c2cn3ccsc3n2)cc1)c1ccc(-n2cccn2)nn1. The fourth-order valence-electron chi connectivity index (χ4n) is 2.76. The molecule has 4 heterocycles. The Morgan fingerprint density at radius 1 is 1.04 bits per heavy atom. The minimum Gasteiger partial charge on any atom is -0.321 e. The van der Waals surface area contributed by atoms with Gasteiger partial charge in [-0.15, -0.1) is 21.5 Å². The maximum absolute atomic E-state index is 12.4. The van der Waals surface area contributed by atoms with Crippen LogP contribution < -0.4 is 5.32 Å². The van der Waals surface area contributed by atoms with Crippen LogP contribution in [0.15, 0.2) is 72.6 Å². The van der Waals surface area contributed by atoms with Gasteiger partial charge in [-0.05, 0) is 30.3 Å². The van der Waals surface area contributed by atoms with Crippen LogP contribution in [-0.2, 0) is 0 Å². The lowest BCUT2D eigenvalue weighted by Gasteiger charge is -2.06. The lowest BCUT2D eigenvalue weighted by Crippen LogP contribution is -2.15. The first-order valence-electron chi connectivity index (χ1n) is 8.44. The summed E-state index contributed by atoms with van der Waals surface area (Å²) in [6.45, 7) is 0. The van der Waals surface area contributed by atoms with Crippen molar-refractivity contribution in [3.8, 4) is 17.1 Å². The molecule has 0 aliphatic heterocycles. The monoisotopic (exact) mass is 387 g/mol. The number of fused-ring (bicyclic) bond motifs is 1. The highest BCUT2D eigenvalue weighted by molar-refractivity contribution is 7.15. The number of nitrogens with zero attached hydrogens (tertiary/aromatic N) is 6. The molecule has 1 N–H and O–H groups in total. The van der Waals surface area contributed by atoms with Gasteiger partial charge in [0.1, 0.15) is 0 Å². The quantitative estimate of drug-likeness (QED) is 0.511. The Morgan fingerprint density at radius 2 is 1.93 bits per heavy atom. The number of nitrogens with one attached hydrogen (secondary N) is 1. The standard InChI is InChI=1S/C19H13N7OS/c27-18(15-6-7-17(24-23-15)26-9-1-8-20-26)21-14-4-2-13(3-5-14)16-12-25-10-11-28-19(25)22-16/h1-12H,(H,21,27). The lowest BCUT2D eigenvalue weighted by molar-refractivity contribution is 0.102. The number of hydrogen-bond acceptors (Lipinski definition) is 6. The van der Waals surface area contributed by atoms with Crippen molar-refractivity contribution in [1.82, 2.24) is 29.4 Å². The van der Waals surface area contributed by atoms with E-state index in [1.165, 1.54) is 0 Å². The van der Waals surface area contributed by atoms with Crippen molar-refractivity contribution in [1.29, 1.82) is 0 Å². The molecule has 0 unspecified atom stereocenters. The average Bonchev–Trinajstić information content (AvgIpc) is 3.46. The second-order valence-electron chi connectivity index (χ2n) is 5.98. The van der Waals surface area contributed by atoms with Crippen molar-refractivity contribution in [3.05, 3.63) is 78.3 Å². The first-order valence-corrected chi connectivity index (χ1v) is 9.32. The highest BCUT2D eigenvalue weighted by Crippen LogP contribution is 2.23. The predicted molar refractivity (Wildman–Crippen MR) is 106 cm³/mol. The van der Waals surface area contributed by atoms with Gasteiger partial charge in [0.2, 0.25) is 0 Å². The summed E-state index contributed by atoms with van der Waals surface area (Å²) < 4.78 is 3.56. The molecule has 4 aromatic heterocycles. The maximum atomic E-state index is 12.4. The molecule has 0 aliphatic carbocycles. The zero-order valence-corrected chi connectivity index (χ0v) is 15.2. The Balaban J connectivity index is 1.30. The number of carbonyl (C=O) groups excluding carboxylic acids is 1. The number of carbonyl (C=O) groups is 1. The van der Waals surface area contributed by atoms with Crippen molar-refractivity contribution >= 4 is 27.9 Å². The van der Waals surface area contributed by atoms with Crippen LogP contribution in [0.25, 0.3) is 22.0 Å². The molecule has 0 bridgehead atoms. The van der Waals surface area contributed by atoms with Gasteiger partial charge in [-0.3, -0.25) is 9.20 Å². The number of anilines is 1. The van der Waals surface area contributed by atoms with E-state index in [-0.39, 0.29) is 11.6 Å². The van der Waals surface area contributed by atoms with Crippen LogP contribution in [0.5, 0.6) is 0 Å². The van der Waals surface area contributed by atoms with E-state index in [9.17, 15) is 4.79 Å². The zero-order chi connectivity index (χ0) is 18.9. The molecule has 0 fully saturated rings. The smallest absolute Gasteiger partial charge is 0.276 e. The number of aromatic nitrogens is 6. The van der Waals surface area contributed by atoms with Gasteiger partial charge >= 0.3 is 0 Å². The number of thiazole rings is 1. The van der Waals surface area contributed by atoms with Gasteiger partial charge in [-0.2, -0.15) is 5.10 Å². The summed E-state index contributed by atoms with van der Waals surface area (Å²) in [7, 11) is 0. The first kappa shape index (κ1) is 16.3. The molecular weight excluding hydrogens is 374 g/mol. The molecule has 0 saturated carbocycles. The molecule has 0 spiro atoms. The third-order valence-corrected chi connectivity index (χ3v) is 4.92. The fraction of sp³-hybridized carbons (Fsp3) is 0. The molecular formula is C19H13N7OS. The second-order valence-corrected chi connectivity index (χ2v) is 6.85. The summed E-state index contributed by atoms with van der Waals surface area (Å²) in [5, 5.41) is 16.9. The number of benzene rings is 1. The Bertz CT molecular complexity index is 1210. The van der Waals surface area contributed by atoms with Crippen LogP contribution in [0, 0.1) is 0 Å². The number of amides is 1. The van der Waals surface area contributed by atoms with Crippen molar-refractivity contribution in [3.63, 3.8) is 0 Å². The molecule has 5 aromatic rings. The van der Waals surface area contributed by atoms with Crippen molar-refractivity contribution < 1.29 is 4.79 Å². The molecule has 9 heteroatoms. The topological polar surface area (TPSA) is 90.0 Å². The molecule has 1 aromatic carbocycles. The summed E-state index contributed by atoms with van der Waals surface area (Å²) in [4.78, 5) is 17.9. The van der Waals surface area contributed by atoms with E-state index in [0.29, 0.717) is 11.5 Å². The Morgan fingerprint density at radius 3 is 2.64 bits per heavy atom. The molecule has 136 valence electrons. The van der Waals surface area contributed by atoms with Gasteiger partial charge in [0, 0.05) is 41.4 Å². The Labute approximate surface area is 163 Å². The zero-order valence-electron chi connectivity index (χ0n) is 14.4. The van der Waals surface area contributed by atoms with E-state index in [1.807, 2.05) is 46.4 Å². The molecule has 0 radical (unpaired) electrons. The maximum Gasteiger partial charge on any atom is 0.276 e. The van der Waals surface area contributed by atoms with Crippen molar-refractivity contribution in [2.24, 2.45) is 0 Å². The fourth-order valence-corrected chi connectivity index (χ4v) is 3.46. The van der Waals surface area contributed by atoms with Crippen LogP contribution >= 0.6 is 11.3 Å². The Hall–Kier alpha value is -3.85. The number of imidazole rings is 1. The normalized spacial score (nSPS) is 11.0. The van der Waals surface area contributed by atoms with Crippen LogP contribution in [0.2, 0.25) is 0 Å². The highest BCUT2D eigenvalue weighted by Gasteiger charge is 2.10. The largest absolute Gasteiger partial charge is 0.321 e. The van der Waals surface area contributed by atoms with Crippen LogP contribution in [-0.4, -0.2) is 35.3 Å². The van der Waals surface area contributed by atoms with Crippen LogP contribution in [0.3, 0.4) is 0 Å². The summed E-state index contributed by atoms with van der Waals surface area (Å²) in [5.41, 5.74) is 2.78. The minimum absolute atomic E-state index is 0.231. The van der Waals surface area contributed by atoms with Crippen molar-refractivity contribution in [2.45, 2.75) is 0 Å². The summed E-state index contributed by atoms with van der Waals surface area (Å²) in [6.07, 6.45) is 7.37. The molecule has 28 heavy (non-hydrogen) atoms. The van der Waals surface area contributed by atoms with Gasteiger partial charge < -0.3 is 5.32 Å². The van der Waals surface area contributed by atoms with Crippen LogP contribution in [0.1, 0.15) is 10.5 Å². The summed E-state index contributed by atoms with van der Waals surface area (Å²) >= 11 is 1.59. The molecule has 0 aliphatic rings. The predicted octanol–water partition coefficient (Wildman–Crippen LogP) is 3.29. The van der Waals surface area contributed by atoms with Gasteiger partial charge in [-0.1, -0.05) is 12.1 Å². The van der Waals surface area contributed by atoms with Crippen molar-refractivity contribution in [2.75, 3.05) is 5.32 Å². The average molecular weight is 387 g/mol. The first-order chi connectivity index (χ1) is 13.8. The molecule has 0 atom stereocenters. The number of rotatable bonds is 4. The lowest BCUT2D eigenvalue weighted by atomic mass is 10.1. The van der Waals surface area contributed by atoms with Gasteiger partial charge in [-0.25, -0.2) is 9.67 Å². The second kappa shape index (κ2) is 6.71. The van der Waals surface area contributed by atoms with E-state index in [2.05, 4.69) is 25.6 Å².